The Labute approximate surface area is 160 Å². The summed E-state index contributed by atoms with van der Waals surface area (Å²) in [6.07, 6.45) is 1.11. The summed E-state index contributed by atoms with van der Waals surface area (Å²) in [4.78, 5) is 57.2. The molecule has 0 aliphatic carbocycles. The molecule has 154 valence electrons. The molecule has 0 heterocycles. The van der Waals surface area contributed by atoms with E-state index in [0.29, 0.717) is 5.75 Å². The molecule has 0 aliphatic rings. The third-order valence-corrected chi connectivity index (χ3v) is 4.19. The zero-order valence-corrected chi connectivity index (χ0v) is 15.8. The average molecular weight is 406 g/mol. The lowest BCUT2D eigenvalue weighted by molar-refractivity contribution is -0.143. The maximum atomic E-state index is 12.4. The van der Waals surface area contributed by atoms with Gasteiger partial charge < -0.3 is 32.3 Å². The fraction of sp³-hybridized carbons (Fsp3) is 0.667. The number of carbonyl (C=O) groups excluding carboxylic acids is 3. The molecule has 3 unspecified atom stereocenters. The quantitative estimate of drug-likeness (QED) is 0.193. The highest BCUT2D eigenvalue weighted by Gasteiger charge is 2.28. The second-order valence-corrected chi connectivity index (χ2v) is 6.77. The summed E-state index contributed by atoms with van der Waals surface area (Å²) >= 11 is 1.40. The van der Waals surface area contributed by atoms with Gasteiger partial charge in [0, 0.05) is 12.8 Å². The van der Waals surface area contributed by atoms with Crippen molar-refractivity contribution in [3.63, 3.8) is 0 Å². The standard InChI is InChI=1S/C15H26N4O7S/c1-27-7-6-10(15(25)26)19-14(24)9(3-5-12(21)22)18-13(23)8(16)2-4-11(17)20/h8-10H,2-7,16H2,1H3,(H2,17,20)(H,18,23)(H,19,24)(H,21,22)(H,25,26). The number of hydrogen-bond acceptors (Lipinski definition) is 7. The highest BCUT2D eigenvalue weighted by Crippen LogP contribution is 2.05. The molecule has 8 N–H and O–H groups in total. The van der Waals surface area contributed by atoms with E-state index in [1.807, 2.05) is 0 Å². The van der Waals surface area contributed by atoms with Crippen LogP contribution >= 0.6 is 11.8 Å². The molecule has 0 fully saturated rings. The fourth-order valence-corrected chi connectivity index (χ4v) is 2.48. The van der Waals surface area contributed by atoms with Crippen LogP contribution in [0.1, 0.15) is 32.1 Å². The van der Waals surface area contributed by atoms with Crippen LogP contribution in [-0.4, -0.2) is 70.0 Å². The Bertz CT molecular complexity index is 558. The van der Waals surface area contributed by atoms with Gasteiger partial charge >= 0.3 is 11.9 Å². The van der Waals surface area contributed by atoms with Crippen LogP contribution in [0.25, 0.3) is 0 Å². The number of carboxylic acid groups (broad SMARTS) is 2. The van der Waals surface area contributed by atoms with Gasteiger partial charge in [0.25, 0.3) is 0 Å². The predicted molar refractivity (Wildman–Crippen MR) is 97.8 cm³/mol. The van der Waals surface area contributed by atoms with Crippen molar-refractivity contribution in [1.29, 1.82) is 0 Å². The number of rotatable bonds is 14. The van der Waals surface area contributed by atoms with Gasteiger partial charge in [-0.05, 0) is 31.3 Å². The van der Waals surface area contributed by atoms with Gasteiger partial charge in [-0.1, -0.05) is 0 Å². The second kappa shape index (κ2) is 12.9. The first kappa shape index (κ1) is 24.7. The van der Waals surface area contributed by atoms with E-state index in [9.17, 15) is 29.1 Å². The van der Waals surface area contributed by atoms with Crippen molar-refractivity contribution in [2.75, 3.05) is 12.0 Å². The molecule has 0 radical (unpaired) electrons. The van der Waals surface area contributed by atoms with Gasteiger partial charge in [0.15, 0.2) is 0 Å². The van der Waals surface area contributed by atoms with Crippen LogP contribution in [0.3, 0.4) is 0 Å². The first-order valence-corrected chi connectivity index (χ1v) is 9.56. The number of hydrogen-bond donors (Lipinski definition) is 6. The molecular weight excluding hydrogens is 380 g/mol. The first-order valence-electron chi connectivity index (χ1n) is 8.16. The molecular formula is C15H26N4O7S. The average Bonchev–Trinajstić information content (AvgIpc) is 2.58. The molecule has 0 bridgehead atoms. The predicted octanol–water partition coefficient (Wildman–Crippen LogP) is -1.75. The molecule has 3 amide bonds. The van der Waals surface area contributed by atoms with Gasteiger partial charge in [0.1, 0.15) is 12.1 Å². The lowest BCUT2D eigenvalue weighted by Crippen LogP contribution is -2.54. The Balaban J connectivity index is 5.01. The Kier molecular flexibility index (Phi) is 11.8. The van der Waals surface area contributed by atoms with Crippen LogP contribution in [0.5, 0.6) is 0 Å². The molecule has 0 spiro atoms. The minimum absolute atomic E-state index is 0.0418. The van der Waals surface area contributed by atoms with E-state index in [1.54, 1.807) is 6.26 Å². The van der Waals surface area contributed by atoms with E-state index in [2.05, 4.69) is 10.6 Å². The van der Waals surface area contributed by atoms with Crippen molar-refractivity contribution in [1.82, 2.24) is 10.6 Å². The number of nitrogens with two attached hydrogens (primary N) is 2. The van der Waals surface area contributed by atoms with Crippen LogP contribution in [0.15, 0.2) is 0 Å². The maximum absolute atomic E-state index is 12.4. The van der Waals surface area contributed by atoms with Crippen molar-refractivity contribution in [3.8, 4) is 0 Å². The highest BCUT2D eigenvalue weighted by molar-refractivity contribution is 7.98. The Morgan fingerprint density at radius 1 is 0.926 bits per heavy atom. The third-order valence-electron chi connectivity index (χ3n) is 3.54. The summed E-state index contributed by atoms with van der Waals surface area (Å²) in [5, 5.41) is 22.6. The molecule has 0 aromatic carbocycles. The smallest absolute Gasteiger partial charge is 0.326 e. The Morgan fingerprint density at radius 2 is 1.52 bits per heavy atom. The Hall–Kier alpha value is -2.34. The SMILES string of the molecule is CSCCC(NC(=O)C(CCC(=O)O)NC(=O)C(N)CCC(N)=O)C(=O)O. The van der Waals surface area contributed by atoms with Crippen LogP contribution in [0.2, 0.25) is 0 Å². The number of nitrogens with one attached hydrogen (secondary N) is 2. The minimum Gasteiger partial charge on any atom is -0.481 e. The minimum atomic E-state index is -1.27. The number of thioether (sulfide) groups is 1. The lowest BCUT2D eigenvalue weighted by atomic mass is 10.1. The molecule has 27 heavy (non-hydrogen) atoms. The summed E-state index contributed by atoms with van der Waals surface area (Å²) < 4.78 is 0. The zero-order valence-electron chi connectivity index (χ0n) is 15.0. The molecule has 0 aliphatic heterocycles. The molecule has 0 aromatic heterocycles. The van der Waals surface area contributed by atoms with E-state index in [0.717, 1.165) is 0 Å². The summed E-state index contributed by atoms with van der Waals surface area (Å²) in [5.41, 5.74) is 10.6. The van der Waals surface area contributed by atoms with E-state index < -0.39 is 54.2 Å². The van der Waals surface area contributed by atoms with E-state index in [-0.39, 0.29) is 25.7 Å². The van der Waals surface area contributed by atoms with Crippen molar-refractivity contribution >= 4 is 41.4 Å². The topological polar surface area (TPSA) is 202 Å². The Morgan fingerprint density at radius 3 is 2.00 bits per heavy atom. The maximum Gasteiger partial charge on any atom is 0.326 e. The van der Waals surface area contributed by atoms with Gasteiger partial charge in [-0.2, -0.15) is 11.8 Å². The summed E-state index contributed by atoms with van der Waals surface area (Å²) in [5.74, 6) is -4.16. The first-order chi connectivity index (χ1) is 12.6. The van der Waals surface area contributed by atoms with Crippen LogP contribution in [0, 0.1) is 0 Å². The van der Waals surface area contributed by atoms with Crippen molar-refractivity contribution < 1.29 is 34.2 Å². The van der Waals surface area contributed by atoms with E-state index in [4.69, 9.17) is 16.6 Å². The number of amides is 3. The largest absolute Gasteiger partial charge is 0.481 e. The molecule has 3 atom stereocenters. The summed E-state index contributed by atoms with van der Waals surface area (Å²) in [7, 11) is 0. The number of carbonyl (C=O) groups is 5. The lowest BCUT2D eigenvalue weighted by Gasteiger charge is -2.22. The molecule has 12 heteroatoms. The van der Waals surface area contributed by atoms with Crippen LogP contribution in [0.4, 0.5) is 0 Å². The molecule has 0 rings (SSSR count). The normalized spacial score (nSPS) is 13.9. The van der Waals surface area contributed by atoms with E-state index in [1.165, 1.54) is 11.8 Å². The number of carboxylic acids is 2. The van der Waals surface area contributed by atoms with Gasteiger partial charge in [-0.3, -0.25) is 19.2 Å². The van der Waals surface area contributed by atoms with Crippen LogP contribution < -0.4 is 22.1 Å². The molecule has 11 nitrogen and oxygen atoms in total. The molecule has 0 aromatic rings. The number of primary amides is 1. The summed E-state index contributed by atoms with van der Waals surface area (Å²) in [6.45, 7) is 0. The van der Waals surface area contributed by atoms with Gasteiger partial charge in [-0.25, -0.2) is 4.79 Å². The zero-order chi connectivity index (χ0) is 21.0. The van der Waals surface area contributed by atoms with E-state index >= 15 is 0 Å². The van der Waals surface area contributed by atoms with Crippen molar-refractivity contribution in [2.24, 2.45) is 11.5 Å². The van der Waals surface area contributed by atoms with Crippen molar-refractivity contribution in [2.45, 2.75) is 50.2 Å². The van der Waals surface area contributed by atoms with Gasteiger partial charge in [0.05, 0.1) is 6.04 Å². The van der Waals surface area contributed by atoms with Gasteiger partial charge in [0.2, 0.25) is 17.7 Å². The summed E-state index contributed by atoms with van der Waals surface area (Å²) in [6, 6.07) is -3.56. The van der Waals surface area contributed by atoms with Crippen molar-refractivity contribution in [3.05, 3.63) is 0 Å². The number of aliphatic carboxylic acids is 2. The second-order valence-electron chi connectivity index (χ2n) is 5.79. The van der Waals surface area contributed by atoms with Gasteiger partial charge in [-0.15, -0.1) is 0 Å². The fourth-order valence-electron chi connectivity index (χ4n) is 2.01. The van der Waals surface area contributed by atoms with Crippen LogP contribution in [-0.2, 0) is 24.0 Å². The molecule has 0 saturated heterocycles. The highest BCUT2D eigenvalue weighted by atomic mass is 32.2. The monoisotopic (exact) mass is 406 g/mol. The third kappa shape index (κ3) is 11.1. The molecule has 0 saturated carbocycles.